The second-order valence-corrected chi connectivity index (χ2v) is 7.15. The Morgan fingerprint density at radius 2 is 1.72 bits per heavy atom. The molecule has 4 nitrogen and oxygen atoms in total. The Bertz CT molecular complexity index is 502. The Labute approximate surface area is 164 Å². The molecule has 25 heavy (non-hydrogen) atoms. The number of nitrogens with one attached hydrogen (secondary N) is 1. The molecular formula is C19H33Cl2N3O. The van der Waals surface area contributed by atoms with Gasteiger partial charge >= 0.3 is 0 Å². The summed E-state index contributed by atoms with van der Waals surface area (Å²) in [6, 6.07) is 8.48. The van der Waals surface area contributed by atoms with Gasteiger partial charge in [0.05, 0.1) is 12.1 Å². The minimum atomic E-state index is -0.410. The van der Waals surface area contributed by atoms with Crippen molar-refractivity contribution in [2.45, 2.75) is 52.1 Å². The van der Waals surface area contributed by atoms with Crippen LogP contribution >= 0.6 is 24.8 Å². The molecule has 0 bridgehead atoms. The van der Waals surface area contributed by atoms with Crippen LogP contribution in [0.5, 0.6) is 0 Å². The topological polar surface area (TPSA) is 58.4 Å². The van der Waals surface area contributed by atoms with Crippen LogP contribution in [0.2, 0.25) is 0 Å². The number of carbonyl (C=O) groups is 1. The molecule has 3 N–H and O–H groups in total. The zero-order chi connectivity index (χ0) is 16.8. The van der Waals surface area contributed by atoms with Gasteiger partial charge in [-0.3, -0.25) is 9.69 Å². The second kappa shape index (κ2) is 11.7. The number of nitrogens with two attached hydrogens (primary N) is 1. The van der Waals surface area contributed by atoms with Crippen molar-refractivity contribution >= 4 is 30.7 Å². The van der Waals surface area contributed by atoms with E-state index in [0.29, 0.717) is 12.5 Å². The van der Waals surface area contributed by atoms with Gasteiger partial charge in [0.2, 0.25) is 5.91 Å². The molecule has 1 aromatic carbocycles. The van der Waals surface area contributed by atoms with E-state index in [-0.39, 0.29) is 36.8 Å². The first-order chi connectivity index (χ1) is 11.0. The molecular weight excluding hydrogens is 357 g/mol. The van der Waals surface area contributed by atoms with Crippen LogP contribution in [0.4, 0.5) is 0 Å². The fraction of sp³-hybridized carbons (Fsp3) is 0.632. The number of rotatable bonds is 7. The largest absolute Gasteiger partial charge is 0.353 e. The van der Waals surface area contributed by atoms with E-state index in [1.165, 1.54) is 24.0 Å². The summed E-state index contributed by atoms with van der Waals surface area (Å²) in [6.07, 6.45) is 3.21. The molecule has 0 spiro atoms. The van der Waals surface area contributed by atoms with Gasteiger partial charge in [-0.25, -0.2) is 0 Å². The van der Waals surface area contributed by atoms with Gasteiger partial charge in [0.25, 0.3) is 0 Å². The molecule has 1 aliphatic heterocycles. The van der Waals surface area contributed by atoms with Crippen LogP contribution in [0.15, 0.2) is 24.3 Å². The van der Waals surface area contributed by atoms with Gasteiger partial charge in [-0.05, 0) is 50.8 Å². The average molecular weight is 390 g/mol. The van der Waals surface area contributed by atoms with Crippen LogP contribution in [0.1, 0.15) is 50.3 Å². The lowest BCUT2D eigenvalue weighted by molar-refractivity contribution is -0.122. The van der Waals surface area contributed by atoms with E-state index >= 15 is 0 Å². The van der Waals surface area contributed by atoms with E-state index in [0.717, 1.165) is 19.5 Å². The third-order valence-electron chi connectivity index (χ3n) is 4.58. The predicted octanol–water partition coefficient (Wildman–Crippen LogP) is 3.47. The summed E-state index contributed by atoms with van der Waals surface area (Å²) < 4.78 is 0. The third-order valence-corrected chi connectivity index (χ3v) is 4.58. The predicted molar refractivity (Wildman–Crippen MR) is 110 cm³/mol. The monoisotopic (exact) mass is 389 g/mol. The highest BCUT2D eigenvalue weighted by Crippen LogP contribution is 2.25. The van der Waals surface area contributed by atoms with Gasteiger partial charge in [-0.2, -0.15) is 0 Å². The molecule has 144 valence electrons. The maximum Gasteiger partial charge on any atom is 0.236 e. The molecule has 1 aromatic rings. The standard InChI is InChI=1S/C19H31N3O.2ClH/c1-14(2)12-17(20)19(23)21-13-18(22-10-4-5-11-22)16-8-6-15(3)7-9-16;;/h6-9,14,17-18H,4-5,10-13,20H2,1-3H3,(H,21,23);2*1H/t17-,18?;;/m0../s1. The molecule has 0 radical (unpaired) electrons. The van der Waals surface area contributed by atoms with Crippen molar-refractivity contribution in [3.63, 3.8) is 0 Å². The number of amides is 1. The van der Waals surface area contributed by atoms with Crippen molar-refractivity contribution < 1.29 is 4.79 Å². The summed E-state index contributed by atoms with van der Waals surface area (Å²) in [6.45, 7) is 9.12. The van der Waals surface area contributed by atoms with E-state index in [1.807, 2.05) is 0 Å². The lowest BCUT2D eigenvalue weighted by Crippen LogP contribution is -2.44. The lowest BCUT2D eigenvalue weighted by atomic mass is 10.0. The van der Waals surface area contributed by atoms with Crippen LogP contribution in [0, 0.1) is 12.8 Å². The second-order valence-electron chi connectivity index (χ2n) is 7.15. The molecule has 0 aromatic heterocycles. The van der Waals surface area contributed by atoms with E-state index in [2.05, 4.69) is 55.3 Å². The SMILES string of the molecule is Cc1ccc(C(CNC(=O)[C@@H](N)CC(C)C)N2CCCC2)cc1.Cl.Cl. The van der Waals surface area contributed by atoms with Crippen molar-refractivity contribution in [1.29, 1.82) is 0 Å². The van der Waals surface area contributed by atoms with Crippen molar-refractivity contribution in [1.82, 2.24) is 10.2 Å². The molecule has 1 heterocycles. The quantitative estimate of drug-likeness (QED) is 0.750. The molecule has 0 aliphatic carbocycles. The first-order valence-corrected chi connectivity index (χ1v) is 8.81. The zero-order valence-electron chi connectivity index (χ0n) is 15.5. The molecule has 6 heteroatoms. The summed E-state index contributed by atoms with van der Waals surface area (Å²) in [4.78, 5) is 14.7. The Morgan fingerprint density at radius 1 is 1.16 bits per heavy atom. The normalized spacial score (nSPS) is 16.7. The van der Waals surface area contributed by atoms with Gasteiger partial charge in [-0.15, -0.1) is 24.8 Å². The number of hydrogen-bond donors (Lipinski definition) is 2. The number of hydrogen-bond acceptors (Lipinski definition) is 3. The van der Waals surface area contributed by atoms with Crippen molar-refractivity contribution in [3.8, 4) is 0 Å². The van der Waals surface area contributed by atoms with Gasteiger partial charge in [0.1, 0.15) is 0 Å². The lowest BCUT2D eigenvalue weighted by Gasteiger charge is -2.29. The summed E-state index contributed by atoms with van der Waals surface area (Å²) >= 11 is 0. The first kappa shape index (κ1) is 24.2. The van der Waals surface area contributed by atoms with Crippen LogP contribution in [-0.2, 0) is 4.79 Å². The smallest absolute Gasteiger partial charge is 0.236 e. The maximum absolute atomic E-state index is 12.2. The van der Waals surface area contributed by atoms with Gasteiger partial charge < -0.3 is 11.1 Å². The Kier molecular flexibility index (Phi) is 11.4. The number of likely N-dealkylation sites (tertiary alicyclic amines) is 1. The van der Waals surface area contributed by atoms with Crippen molar-refractivity contribution in [3.05, 3.63) is 35.4 Å². The molecule has 1 saturated heterocycles. The molecule has 1 unspecified atom stereocenters. The maximum atomic E-state index is 12.2. The van der Waals surface area contributed by atoms with Crippen LogP contribution < -0.4 is 11.1 Å². The Balaban J connectivity index is 0.00000288. The minimum Gasteiger partial charge on any atom is -0.353 e. The Morgan fingerprint density at radius 3 is 2.24 bits per heavy atom. The highest BCUT2D eigenvalue weighted by molar-refractivity contribution is 5.85. The summed E-state index contributed by atoms with van der Waals surface area (Å²) in [5.41, 5.74) is 8.53. The van der Waals surface area contributed by atoms with Crippen LogP contribution in [0.25, 0.3) is 0 Å². The summed E-state index contributed by atoms with van der Waals surface area (Å²) in [5, 5.41) is 3.07. The van der Waals surface area contributed by atoms with E-state index in [4.69, 9.17) is 5.73 Å². The number of nitrogens with zero attached hydrogens (tertiary/aromatic N) is 1. The molecule has 1 aliphatic rings. The molecule has 2 atom stereocenters. The van der Waals surface area contributed by atoms with Gasteiger partial charge in [-0.1, -0.05) is 43.7 Å². The molecule has 0 saturated carbocycles. The minimum absolute atomic E-state index is 0. The third kappa shape index (κ3) is 7.53. The van der Waals surface area contributed by atoms with Gasteiger partial charge in [0.15, 0.2) is 0 Å². The molecule has 1 amide bonds. The summed E-state index contributed by atoms with van der Waals surface area (Å²) in [7, 11) is 0. The fourth-order valence-corrected chi connectivity index (χ4v) is 3.24. The number of halogens is 2. The number of benzene rings is 1. The van der Waals surface area contributed by atoms with Crippen LogP contribution in [-0.4, -0.2) is 36.5 Å². The average Bonchev–Trinajstić information content (AvgIpc) is 3.02. The highest BCUT2D eigenvalue weighted by atomic mass is 35.5. The van der Waals surface area contributed by atoms with Gasteiger partial charge in [0, 0.05) is 6.54 Å². The molecule has 1 fully saturated rings. The Hall–Kier alpha value is -0.810. The van der Waals surface area contributed by atoms with Crippen LogP contribution in [0.3, 0.4) is 0 Å². The van der Waals surface area contributed by atoms with E-state index < -0.39 is 6.04 Å². The number of carbonyl (C=O) groups excluding carboxylic acids is 1. The fourth-order valence-electron chi connectivity index (χ4n) is 3.24. The van der Waals surface area contributed by atoms with Crippen molar-refractivity contribution in [2.24, 2.45) is 11.7 Å². The highest BCUT2D eigenvalue weighted by Gasteiger charge is 2.25. The van der Waals surface area contributed by atoms with E-state index in [9.17, 15) is 4.79 Å². The van der Waals surface area contributed by atoms with E-state index in [1.54, 1.807) is 0 Å². The molecule has 2 rings (SSSR count). The number of aryl methyl sites for hydroxylation is 1. The van der Waals surface area contributed by atoms with Crippen molar-refractivity contribution in [2.75, 3.05) is 19.6 Å². The summed E-state index contributed by atoms with van der Waals surface area (Å²) in [5.74, 6) is 0.400. The first-order valence-electron chi connectivity index (χ1n) is 8.81. The zero-order valence-corrected chi connectivity index (χ0v) is 17.2.